The van der Waals surface area contributed by atoms with E-state index in [9.17, 15) is 22.7 Å². The quantitative estimate of drug-likeness (QED) is 0.811. The molecule has 7 heteroatoms. The maximum atomic E-state index is 13.4. The summed E-state index contributed by atoms with van der Waals surface area (Å²) in [5.41, 5.74) is 0. The third kappa shape index (κ3) is 3.27. The van der Waals surface area contributed by atoms with Crippen LogP contribution in [0.3, 0.4) is 0 Å². The van der Waals surface area contributed by atoms with Crippen molar-refractivity contribution in [2.45, 2.75) is 24.8 Å². The summed E-state index contributed by atoms with van der Waals surface area (Å²) < 4.78 is 38.9. The van der Waals surface area contributed by atoms with E-state index in [0.29, 0.717) is 0 Å². The molecule has 0 saturated heterocycles. The number of carboxylic acid groups (broad SMARTS) is 1. The summed E-state index contributed by atoms with van der Waals surface area (Å²) in [4.78, 5) is 10.2. The number of sulfonamides is 1. The monoisotopic (exact) mass is 274 g/mol. The molecular weight excluding hydrogens is 261 g/mol. The minimum absolute atomic E-state index is 0.517. The Morgan fingerprint density at radius 1 is 1.33 bits per heavy atom. The fraction of sp³-hybridized carbons (Fsp3) is 0.364. The lowest BCUT2D eigenvalue weighted by Gasteiger charge is -2.23. The predicted octanol–water partition coefficient (Wildman–Crippen LogP) is -0.121. The molecule has 0 radical (unpaired) electrons. The number of carbonyl (C=O) groups is 1. The average Bonchev–Trinajstić information content (AvgIpc) is 2.25. The lowest BCUT2D eigenvalue weighted by molar-refractivity contribution is -0.309. The SMILES string of the molecule is CC(C)[C@H](NS(=O)(=O)c1ccccc1F)C(=O)[O-]. The molecule has 0 aliphatic heterocycles. The molecule has 0 aliphatic rings. The first-order chi connectivity index (χ1) is 8.25. The molecule has 0 aliphatic carbocycles. The summed E-state index contributed by atoms with van der Waals surface area (Å²) in [6.07, 6.45) is 0. The first-order valence-corrected chi connectivity index (χ1v) is 6.71. The Hall–Kier alpha value is -1.47. The molecule has 0 saturated carbocycles. The normalized spacial score (nSPS) is 13.6. The van der Waals surface area contributed by atoms with Crippen molar-refractivity contribution in [3.8, 4) is 0 Å². The highest BCUT2D eigenvalue weighted by atomic mass is 32.2. The Balaban J connectivity index is 3.09. The molecule has 0 fully saturated rings. The Morgan fingerprint density at radius 3 is 2.33 bits per heavy atom. The van der Waals surface area contributed by atoms with E-state index in [2.05, 4.69) is 0 Å². The number of carbonyl (C=O) groups excluding carboxylic acids is 1. The summed E-state index contributed by atoms with van der Waals surface area (Å²) in [7, 11) is -4.23. The summed E-state index contributed by atoms with van der Waals surface area (Å²) in [6.45, 7) is 3.04. The van der Waals surface area contributed by atoms with E-state index in [-0.39, 0.29) is 0 Å². The van der Waals surface area contributed by atoms with E-state index in [1.54, 1.807) is 0 Å². The molecule has 0 bridgehead atoms. The molecule has 1 aromatic rings. The largest absolute Gasteiger partial charge is 0.548 e. The van der Waals surface area contributed by atoms with Crippen molar-refractivity contribution >= 4 is 16.0 Å². The molecule has 1 N–H and O–H groups in total. The van der Waals surface area contributed by atoms with E-state index in [0.717, 1.165) is 12.1 Å². The van der Waals surface area contributed by atoms with Gasteiger partial charge >= 0.3 is 0 Å². The van der Waals surface area contributed by atoms with Crippen LogP contribution in [0.4, 0.5) is 4.39 Å². The molecule has 0 heterocycles. The summed E-state index contributed by atoms with van der Waals surface area (Å²) in [5.74, 6) is -3.01. The third-order valence-electron chi connectivity index (χ3n) is 2.33. The Morgan fingerprint density at radius 2 is 1.89 bits per heavy atom. The van der Waals surface area contributed by atoms with Crippen LogP contribution in [-0.2, 0) is 14.8 Å². The topological polar surface area (TPSA) is 86.3 Å². The Kier molecular flexibility index (Phi) is 4.42. The molecule has 0 spiro atoms. The van der Waals surface area contributed by atoms with Crippen LogP contribution < -0.4 is 9.83 Å². The van der Waals surface area contributed by atoms with Gasteiger partial charge in [-0.25, -0.2) is 17.5 Å². The van der Waals surface area contributed by atoms with Crippen molar-refractivity contribution in [1.82, 2.24) is 4.72 Å². The lowest BCUT2D eigenvalue weighted by Crippen LogP contribution is -2.50. The van der Waals surface area contributed by atoms with E-state index in [1.165, 1.54) is 26.0 Å². The van der Waals surface area contributed by atoms with Gasteiger partial charge in [0.1, 0.15) is 10.7 Å². The van der Waals surface area contributed by atoms with Crippen LogP contribution >= 0.6 is 0 Å². The zero-order valence-electron chi connectivity index (χ0n) is 9.88. The number of nitrogens with one attached hydrogen (secondary N) is 1. The second kappa shape index (κ2) is 5.45. The van der Waals surface area contributed by atoms with Gasteiger partial charge in [0, 0.05) is 0 Å². The van der Waals surface area contributed by atoms with Gasteiger partial charge in [0.05, 0.1) is 12.0 Å². The van der Waals surface area contributed by atoms with E-state index >= 15 is 0 Å². The van der Waals surface area contributed by atoms with Crippen molar-refractivity contribution in [3.63, 3.8) is 0 Å². The standard InChI is InChI=1S/C11H14FNO4S/c1-7(2)10(11(14)15)13-18(16,17)9-6-4-3-5-8(9)12/h3-7,10,13H,1-2H3,(H,14,15)/p-1/t10-/m0/s1. The smallest absolute Gasteiger partial charge is 0.244 e. The van der Waals surface area contributed by atoms with Crippen molar-refractivity contribution in [2.24, 2.45) is 5.92 Å². The van der Waals surface area contributed by atoms with Gasteiger partial charge in [-0.2, -0.15) is 0 Å². The molecule has 18 heavy (non-hydrogen) atoms. The van der Waals surface area contributed by atoms with Gasteiger partial charge in [-0.05, 0) is 18.1 Å². The van der Waals surface area contributed by atoms with Crippen molar-refractivity contribution < 1.29 is 22.7 Å². The molecular formula is C11H13FNO4S-. The molecule has 1 atom stereocenters. The van der Waals surface area contributed by atoms with Gasteiger partial charge < -0.3 is 9.90 Å². The van der Waals surface area contributed by atoms with Crippen LogP contribution in [0.25, 0.3) is 0 Å². The van der Waals surface area contributed by atoms with E-state index in [1.807, 2.05) is 4.72 Å². The Bertz CT molecular complexity index is 542. The van der Waals surface area contributed by atoms with Crippen LogP contribution in [0.15, 0.2) is 29.2 Å². The van der Waals surface area contributed by atoms with Crippen LogP contribution in [0, 0.1) is 11.7 Å². The fourth-order valence-corrected chi connectivity index (χ4v) is 2.76. The van der Waals surface area contributed by atoms with Gasteiger partial charge in [0.15, 0.2) is 0 Å². The number of carboxylic acids is 1. The van der Waals surface area contributed by atoms with Crippen molar-refractivity contribution in [3.05, 3.63) is 30.1 Å². The molecule has 0 aromatic heterocycles. The van der Waals surface area contributed by atoms with Crippen LogP contribution in [0.2, 0.25) is 0 Å². The highest BCUT2D eigenvalue weighted by molar-refractivity contribution is 7.89. The average molecular weight is 274 g/mol. The van der Waals surface area contributed by atoms with Gasteiger partial charge in [-0.15, -0.1) is 0 Å². The lowest BCUT2D eigenvalue weighted by atomic mass is 10.1. The zero-order chi connectivity index (χ0) is 13.9. The van der Waals surface area contributed by atoms with Gasteiger partial charge in [-0.3, -0.25) is 0 Å². The number of halogens is 1. The van der Waals surface area contributed by atoms with Crippen LogP contribution in [0.5, 0.6) is 0 Å². The highest BCUT2D eigenvalue weighted by Gasteiger charge is 2.25. The first kappa shape index (κ1) is 14.6. The van der Waals surface area contributed by atoms with Crippen molar-refractivity contribution in [2.75, 3.05) is 0 Å². The third-order valence-corrected chi connectivity index (χ3v) is 3.80. The summed E-state index contributed by atoms with van der Waals surface area (Å²) in [6, 6.07) is 3.32. The molecule has 0 unspecified atom stereocenters. The van der Waals surface area contributed by atoms with Gasteiger partial charge in [0.25, 0.3) is 0 Å². The minimum Gasteiger partial charge on any atom is -0.548 e. The predicted molar refractivity (Wildman–Crippen MR) is 60.4 cm³/mol. The van der Waals surface area contributed by atoms with Gasteiger partial charge in [0.2, 0.25) is 10.0 Å². The van der Waals surface area contributed by atoms with Gasteiger partial charge in [-0.1, -0.05) is 26.0 Å². The maximum absolute atomic E-state index is 13.4. The summed E-state index contributed by atoms with van der Waals surface area (Å²) in [5, 5.41) is 10.8. The number of rotatable bonds is 5. The second-order valence-corrected chi connectivity index (χ2v) is 5.77. The van der Waals surface area contributed by atoms with E-state index < -0.39 is 38.7 Å². The van der Waals surface area contributed by atoms with E-state index in [4.69, 9.17) is 0 Å². The minimum atomic E-state index is -4.23. The number of hydrogen-bond acceptors (Lipinski definition) is 4. The summed E-state index contributed by atoms with van der Waals surface area (Å²) >= 11 is 0. The second-order valence-electron chi connectivity index (χ2n) is 4.09. The first-order valence-electron chi connectivity index (χ1n) is 5.23. The molecule has 1 aromatic carbocycles. The molecule has 1 rings (SSSR count). The van der Waals surface area contributed by atoms with Crippen LogP contribution in [-0.4, -0.2) is 20.4 Å². The molecule has 0 amide bonds. The van der Waals surface area contributed by atoms with Crippen molar-refractivity contribution in [1.29, 1.82) is 0 Å². The highest BCUT2D eigenvalue weighted by Crippen LogP contribution is 2.15. The zero-order valence-corrected chi connectivity index (χ0v) is 10.7. The number of hydrogen-bond donors (Lipinski definition) is 1. The van der Waals surface area contributed by atoms with Crippen LogP contribution in [0.1, 0.15) is 13.8 Å². The number of aliphatic carboxylic acids is 1. The maximum Gasteiger partial charge on any atom is 0.244 e. The molecule has 100 valence electrons. The number of benzene rings is 1. The Labute approximate surface area is 105 Å². The molecule has 5 nitrogen and oxygen atoms in total. The fourth-order valence-electron chi connectivity index (χ4n) is 1.35.